The molecular formula is C122H131F3N16O8. The van der Waals surface area contributed by atoms with Crippen LogP contribution < -0.4 is 11.1 Å². The van der Waals surface area contributed by atoms with Crippen LogP contribution in [0.4, 0.5) is 13.2 Å². The number of aliphatic hydroxyl groups is 1. The van der Waals surface area contributed by atoms with Crippen molar-refractivity contribution in [3.8, 4) is 11.5 Å². The fraction of sp³-hybridized carbons (Fsp3) is 0.311. The van der Waals surface area contributed by atoms with Crippen molar-refractivity contribution in [2.24, 2.45) is 0 Å². The van der Waals surface area contributed by atoms with Gasteiger partial charge in [0.15, 0.2) is 5.82 Å². The third-order valence-corrected chi connectivity index (χ3v) is 26.7. The van der Waals surface area contributed by atoms with Gasteiger partial charge in [0.1, 0.15) is 40.6 Å². The van der Waals surface area contributed by atoms with Crippen LogP contribution in [-0.4, -0.2) is 142 Å². The molecule has 0 aliphatic carbocycles. The molecule has 21 rings (SSSR count). The lowest BCUT2D eigenvalue weighted by atomic mass is 9.96. The molecule has 14 heterocycles. The van der Waals surface area contributed by atoms with Crippen molar-refractivity contribution in [2.75, 3.05) is 7.05 Å². The molecule has 7 aromatic carbocycles. The zero-order valence-electron chi connectivity index (χ0n) is 89.9. The number of nitrogens with zero attached hydrogens (tertiary/aromatic N) is 16. The molecule has 0 spiro atoms. The van der Waals surface area contributed by atoms with E-state index in [4.69, 9.17) is 0 Å². The summed E-state index contributed by atoms with van der Waals surface area (Å²) in [5.74, 6) is -1.20. The minimum atomic E-state index is -1.66. The summed E-state index contributed by atoms with van der Waals surface area (Å²) in [5.41, 5.74) is 18.5. The van der Waals surface area contributed by atoms with Gasteiger partial charge in [0.2, 0.25) is 5.72 Å². The predicted octanol–water partition coefficient (Wildman–Crippen LogP) is 23.8. The minimum absolute atomic E-state index is 0.0173. The molecule has 0 bridgehead atoms. The molecule has 768 valence electrons. The summed E-state index contributed by atoms with van der Waals surface area (Å²) in [7, 11) is 1.47. The number of hydrogen-bond acceptors (Lipinski definition) is 15. The number of pyridine rings is 7. The first-order valence-electron chi connectivity index (χ1n) is 49.9. The van der Waals surface area contributed by atoms with E-state index in [0.717, 1.165) is 95.2 Å². The molecule has 24 nitrogen and oxygen atoms in total. The number of halogens is 3. The third kappa shape index (κ3) is 21.7. The monoisotopic (exact) mass is 2010 g/mol. The van der Waals surface area contributed by atoms with Crippen LogP contribution in [0.1, 0.15) is 302 Å². The first kappa shape index (κ1) is 107. The molecule has 16 aromatic rings. The molecular weight excluding hydrogens is 1870 g/mol. The molecule has 0 saturated heterocycles. The number of carbonyl (C=O) groups is 5. The van der Waals surface area contributed by atoms with Crippen LogP contribution in [-0.2, 0) is 16.8 Å². The Labute approximate surface area is 869 Å². The Morgan fingerprint density at radius 2 is 0.685 bits per heavy atom. The van der Waals surface area contributed by atoms with Gasteiger partial charge in [0.05, 0.1) is 79.8 Å². The second-order valence-electron chi connectivity index (χ2n) is 44.7. The van der Waals surface area contributed by atoms with E-state index in [-0.39, 0.29) is 92.2 Å². The molecule has 5 unspecified atom stereocenters. The predicted molar refractivity (Wildman–Crippen MR) is 578 cm³/mol. The highest BCUT2D eigenvalue weighted by Gasteiger charge is 2.52. The van der Waals surface area contributed by atoms with Crippen molar-refractivity contribution in [1.29, 1.82) is 0 Å². The van der Waals surface area contributed by atoms with E-state index in [1.807, 2.05) is 218 Å². The first-order valence-corrected chi connectivity index (χ1v) is 49.9. The van der Waals surface area contributed by atoms with E-state index in [1.54, 1.807) is 75.7 Å². The van der Waals surface area contributed by atoms with Crippen molar-refractivity contribution in [3.05, 3.63) is 441 Å². The Kier molecular flexibility index (Phi) is 29.9. The molecule has 5 aliphatic heterocycles. The standard InChI is InChI=1S/C18H19FN2O.C18H21N3O.3C18H20N2O.C17H18FN3O.C15H13FN2O2/c1-11-5-8-15(20-10-11)16-13-7-6-12(19)9-14(13)17(22)21(16)18(2,3)4;1-12-6-9-16-15(10-12)17(22)21(18(3,4)5)20(16)14-8-7-13(2)19-11-14;3*1-12-7-9-13(10-8-12)16-14-6-5-11-19-15(14)17(21)20(16)18(2,3)4;1-11-5-8-15(19-10-11)20-14-7-6-12(18)9-13(14)16(22)21(20)17(2,3)4;1-9-3-6-13(17-8-9)15(20)12-5-4-10(16)7-11(12)14(19)18(15)2/h5-10,16H,1-4H3;6-11H,1-5H3;3*5-11,16H,1-4H3;5-10H,1-4H3;3-8,20H,1-2H3. The number of fused-ring (bicyclic) bond motifs is 7. The average molecular weight is 2010 g/mol. The van der Waals surface area contributed by atoms with Crippen molar-refractivity contribution >= 4 is 51.3 Å². The minimum Gasteiger partial charge on any atom is -0.362 e. The second kappa shape index (κ2) is 41.5. The van der Waals surface area contributed by atoms with Crippen molar-refractivity contribution in [3.63, 3.8) is 0 Å². The second-order valence-corrected chi connectivity index (χ2v) is 44.7. The van der Waals surface area contributed by atoms with Crippen molar-refractivity contribution in [1.82, 2.24) is 78.1 Å². The van der Waals surface area contributed by atoms with E-state index in [1.165, 1.54) is 65.0 Å². The molecule has 5 atom stereocenters. The summed E-state index contributed by atoms with van der Waals surface area (Å²) < 4.78 is 47.6. The maximum atomic E-state index is 13.6. The Morgan fingerprint density at radius 1 is 0.309 bits per heavy atom. The zero-order chi connectivity index (χ0) is 108. The number of aromatic nitrogens is 11. The molecule has 5 aliphatic rings. The van der Waals surface area contributed by atoms with E-state index < -0.39 is 34.6 Å². The van der Waals surface area contributed by atoms with Crippen LogP contribution in [0, 0.1) is 72.8 Å². The third-order valence-electron chi connectivity index (χ3n) is 26.7. The number of rotatable bonds is 7. The van der Waals surface area contributed by atoms with Crippen LogP contribution in [0.2, 0.25) is 0 Å². The number of hydrogen-bond donors (Lipinski definition) is 1. The molecule has 0 fully saturated rings. The fourth-order valence-electron chi connectivity index (χ4n) is 19.7. The molecule has 1 N–H and O–H groups in total. The lowest BCUT2D eigenvalue weighted by Crippen LogP contribution is -2.44. The van der Waals surface area contributed by atoms with Crippen molar-refractivity contribution in [2.45, 2.75) is 243 Å². The van der Waals surface area contributed by atoms with E-state index in [0.29, 0.717) is 50.6 Å². The number of carbonyl (C=O) groups excluding carboxylic acids is 5. The van der Waals surface area contributed by atoms with Gasteiger partial charge in [-0.3, -0.25) is 63.5 Å². The van der Waals surface area contributed by atoms with Gasteiger partial charge in [0, 0.05) is 99.9 Å². The van der Waals surface area contributed by atoms with Crippen molar-refractivity contribution < 1.29 is 42.3 Å². The number of amides is 5. The summed E-state index contributed by atoms with van der Waals surface area (Å²) in [4.78, 5) is 128. The Hall–Kier alpha value is -15.8. The molecule has 0 radical (unpaired) electrons. The largest absolute Gasteiger partial charge is 0.362 e. The lowest BCUT2D eigenvalue weighted by Gasteiger charge is -2.37. The van der Waals surface area contributed by atoms with Gasteiger partial charge in [-0.25, -0.2) is 36.9 Å². The maximum absolute atomic E-state index is 13.6. The van der Waals surface area contributed by atoms with E-state index in [9.17, 15) is 51.8 Å². The van der Waals surface area contributed by atoms with E-state index >= 15 is 0 Å². The fourth-order valence-corrected chi connectivity index (χ4v) is 19.7. The van der Waals surface area contributed by atoms with Gasteiger partial charge >= 0.3 is 0 Å². The lowest BCUT2D eigenvalue weighted by molar-refractivity contribution is -0.0402. The highest BCUT2D eigenvalue weighted by molar-refractivity contribution is 6.02. The van der Waals surface area contributed by atoms with E-state index in [2.05, 4.69) is 191 Å². The summed E-state index contributed by atoms with van der Waals surface area (Å²) in [6.07, 6.45) is 12.0. The SMILES string of the molecule is Cc1ccc(-n2c3ccc(F)cc3c(=O)n2C(C)(C)C)nc1.Cc1ccc(C2(O)c3ccc(F)cc3C(=O)N2C)nc1.Cc1ccc(C2c3ccc(F)cc3C(=O)N2C(C)(C)C)nc1.Cc1ccc(C2c3cccnc3C(=O)N2C(C)(C)C)cc1.Cc1ccc(C2c3cccnc3C(=O)N2C(C)(C)C)cc1.Cc1ccc(C2c3cccnc3C(=O)N2C(C)(C)C)cc1.Cc1ccc2c(c1)c(=O)n(C(C)(C)C)n2-c1ccc(C)nc1. The van der Waals surface area contributed by atoms with Crippen LogP contribution in [0.3, 0.4) is 0 Å². The Bertz CT molecular complexity index is 7430. The van der Waals surface area contributed by atoms with Crippen LogP contribution in [0.15, 0.2) is 283 Å². The molecule has 5 amide bonds. The smallest absolute Gasteiger partial charge is 0.275 e. The summed E-state index contributed by atoms with van der Waals surface area (Å²) in [6, 6.07) is 70.1. The van der Waals surface area contributed by atoms with Gasteiger partial charge < -0.3 is 29.6 Å². The Morgan fingerprint density at radius 3 is 1.09 bits per heavy atom. The van der Waals surface area contributed by atoms with Crippen LogP contribution >= 0.6 is 0 Å². The molecule has 149 heavy (non-hydrogen) atoms. The van der Waals surface area contributed by atoms with Gasteiger partial charge in [-0.1, -0.05) is 150 Å². The maximum Gasteiger partial charge on any atom is 0.275 e. The number of benzene rings is 7. The molecule has 9 aromatic heterocycles. The van der Waals surface area contributed by atoms with Crippen LogP contribution in [0.5, 0.6) is 0 Å². The summed E-state index contributed by atoms with van der Waals surface area (Å²) in [6.45, 7) is 52.5. The van der Waals surface area contributed by atoms with Gasteiger partial charge in [0.25, 0.3) is 40.7 Å². The summed E-state index contributed by atoms with van der Waals surface area (Å²) >= 11 is 0. The average Bonchev–Trinajstić information content (AvgIpc) is 1.59. The van der Waals surface area contributed by atoms with Gasteiger partial charge in [-0.2, -0.15) is 0 Å². The van der Waals surface area contributed by atoms with Crippen LogP contribution in [0.25, 0.3) is 33.3 Å². The van der Waals surface area contributed by atoms with Gasteiger partial charge in [-0.05, 0) is 322 Å². The first-order chi connectivity index (χ1) is 70.0. The highest BCUT2D eigenvalue weighted by Crippen LogP contribution is 2.48. The zero-order valence-corrected chi connectivity index (χ0v) is 89.9. The normalized spacial score (nSPS) is 16.6. The quantitative estimate of drug-likeness (QED) is 0.155. The molecule has 0 saturated carbocycles. The molecule has 27 heteroatoms. The Balaban J connectivity index is 0.000000130. The van der Waals surface area contributed by atoms with Gasteiger partial charge in [-0.15, -0.1) is 0 Å². The number of aryl methyl sites for hydroxylation is 8. The highest BCUT2D eigenvalue weighted by atomic mass is 19.1. The summed E-state index contributed by atoms with van der Waals surface area (Å²) in [5, 5.41) is 12.1. The topological polar surface area (TPSA) is 266 Å².